The van der Waals surface area contributed by atoms with Gasteiger partial charge in [0.05, 0.1) is 18.7 Å². The van der Waals surface area contributed by atoms with E-state index in [0.29, 0.717) is 29.3 Å². The number of urea groups is 1. The summed E-state index contributed by atoms with van der Waals surface area (Å²) in [6.07, 6.45) is 0. The number of aryl methyl sites for hydroxylation is 1. The third-order valence-electron chi connectivity index (χ3n) is 4.32. The quantitative estimate of drug-likeness (QED) is 0.831. The number of esters is 1. The highest BCUT2D eigenvalue weighted by Gasteiger charge is 2.37. The molecule has 1 aromatic heterocycles. The Bertz CT molecular complexity index is 839. The summed E-state index contributed by atoms with van der Waals surface area (Å²) < 4.78 is 10.9. The van der Waals surface area contributed by atoms with Crippen molar-refractivity contribution >= 4 is 12.0 Å². The van der Waals surface area contributed by atoms with Gasteiger partial charge in [0.1, 0.15) is 17.6 Å². The Hall–Kier alpha value is -3.02. The maximum atomic E-state index is 12.7. The Morgan fingerprint density at radius 1 is 1.19 bits per heavy atom. The van der Waals surface area contributed by atoms with Gasteiger partial charge < -0.3 is 14.5 Å². The van der Waals surface area contributed by atoms with E-state index in [-0.39, 0.29) is 12.6 Å². The lowest BCUT2D eigenvalue weighted by Crippen LogP contribution is -2.47. The van der Waals surface area contributed by atoms with Gasteiger partial charge >= 0.3 is 12.0 Å². The summed E-state index contributed by atoms with van der Waals surface area (Å²) in [6.45, 7) is 5.95. The lowest BCUT2D eigenvalue weighted by molar-refractivity contribution is -0.139. The molecule has 0 aliphatic carbocycles. The van der Waals surface area contributed by atoms with Crippen molar-refractivity contribution in [3.8, 4) is 0 Å². The van der Waals surface area contributed by atoms with Crippen LogP contribution < -0.4 is 5.32 Å². The molecular weight excluding hydrogens is 332 g/mol. The van der Waals surface area contributed by atoms with Crippen LogP contribution in [0.3, 0.4) is 0 Å². The molecule has 1 aromatic carbocycles. The first-order valence-electron chi connectivity index (χ1n) is 8.57. The Balaban J connectivity index is 2.01. The number of nitrogens with one attached hydrogen (secondary N) is 1. The number of hydrogen-bond donors (Lipinski definition) is 1. The molecule has 6 heteroatoms. The summed E-state index contributed by atoms with van der Waals surface area (Å²) in [5, 5.41) is 2.87. The summed E-state index contributed by atoms with van der Waals surface area (Å²) in [5.74, 6) is 0.765. The van der Waals surface area contributed by atoms with Gasteiger partial charge in [0.15, 0.2) is 0 Å². The van der Waals surface area contributed by atoms with Crippen LogP contribution in [0.25, 0.3) is 0 Å². The van der Waals surface area contributed by atoms with Gasteiger partial charge in [-0.1, -0.05) is 30.3 Å². The number of carbonyl (C=O) groups is 2. The molecule has 136 valence electrons. The highest BCUT2D eigenvalue weighted by molar-refractivity contribution is 5.94. The minimum absolute atomic E-state index is 0.256. The molecule has 2 amide bonds. The fraction of sp³-hybridized carbons (Fsp3) is 0.300. The number of hydrogen-bond acceptors (Lipinski definition) is 4. The fourth-order valence-electron chi connectivity index (χ4n) is 3.03. The SMILES string of the molecule is CCOC(=O)C1=C(C)N(Cc2ccccc2)C(=O)NC1c1ccc(C)o1. The maximum Gasteiger partial charge on any atom is 0.338 e. The van der Waals surface area contributed by atoms with E-state index >= 15 is 0 Å². The number of furan rings is 1. The Morgan fingerprint density at radius 3 is 2.54 bits per heavy atom. The molecule has 2 heterocycles. The van der Waals surface area contributed by atoms with Crippen LogP contribution in [0.4, 0.5) is 4.79 Å². The summed E-state index contributed by atoms with van der Waals surface area (Å²) in [7, 11) is 0. The molecular formula is C20H22N2O4. The van der Waals surface area contributed by atoms with Crippen molar-refractivity contribution in [2.75, 3.05) is 6.61 Å². The van der Waals surface area contributed by atoms with Crippen LogP contribution in [0.15, 0.2) is 58.2 Å². The Morgan fingerprint density at radius 2 is 1.92 bits per heavy atom. The molecule has 1 N–H and O–H groups in total. The first-order valence-corrected chi connectivity index (χ1v) is 8.57. The number of allylic oxidation sites excluding steroid dienone is 1. The van der Waals surface area contributed by atoms with Crippen LogP contribution in [-0.2, 0) is 16.1 Å². The van der Waals surface area contributed by atoms with Gasteiger partial charge in [-0.15, -0.1) is 0 Å². The molecule has 0 fully saturated rings. The molecule has 0 saturated heterocycles. The van der Waals surface area contributed by atoms with E-state index in [2.05, 4.69) is 5.32 Å². The number of amides is 2. The molecule has 1 aliphatic rings. The zero-order valence-corrected chi connectivity index (χ0v) is 15.1. The van der Waals surface area contributed by atoms with E-state index in [1.165, 1.54) is 0 Å². The minimum Gasteiger partial charge on any atom is -0.464 e. The van der Waals surface area contributed by atoms with Gasteiger partial charge in [-0.3, -0.25) is 4.90 Å². The summed E-state index contributed by atoms with van der Waals surface area (Å²) >= 11 is 0. The smallest absolute Gasteiger partial charge is 0.338 e. The van der Waals surface area contributed by atoms with Crippen LogP contribution in [-0.4, -0.2) is 23.5 Å². The first-order chi connectivity index (χ1) is 12.5. The van der Waals surface area contributed by atoms with E-state index in [1.807, 2.05) is 37.3 Å². The normalized spacial score (nSPS) is 17.3. The zero-order valence-electron chi connectivity index (χ0n) is 15.1. The molecule has 0 saturated carbocycles. The molecule has 1 aliphatic heterocycles. The predicted octanol–water partition coefficient (Wildman–Crippen LogP) is 3.69. The molecule has 1 unspecified atom stereocenters. The van der Waals surface area contributed by atoms with Crippen molar-refractivity contribution in [3.05, 3.63) is 70.8 Å². The van der Waals surface area contributed by atoms with Crippen molar-refractivity contribution in [3.63, 3.8) is 0 Å². The van der Waals surface area contributed by atoms with E-state index in [9.17, 15) is 9.59 Å². The average Bonchev–Trinajstić information content (AvgIpc) is 3.05. The highest BCUT2D eigenvalue weighted by Crippen LogP contribution is 2.32. The van der Waals surface area contributed by atoms with Crippen LogP contribution in [0.5, 0.6) is 0 Å². The first kappa shape index (κ1) is 17.8. The number of rotatable bonds is 5. The number of carbonyl (C=O) groups excluding carboxylic acids is 2. The number of nitrogens with zero attached hydrogens (tertiary/aromatic N) is 1. The molecule has 3 rings (SSSR count). The van der Waals surface area contributed by atoms with Crippen molar-refractivity contribution < 1.29 is 18.7 Å². The van der Waals surface area contributed by atoms with Crippen molar-refractivity contribution in [1.29, 1.82) is 0 Å². The Labute approximate surface area is 152 Å². The second-order valence-corrected chi connectivity index (χ2v) is 6.12. The predicted molar refractivity (Wildman–Crippen MR) is 96.0 cm³/mol. The van der Waals surface area contributed by atoms with Gasteiger partial charge in [-0.2, -0.15) is 0 Å². The van der Waals surface area contributed by atoms with Crippen molar-refractivity contribution in [2.45, 2.75) is 33.4 Å². The van der Waals surface area contributed by atoms with Crippen LogP contribution in [0, 0.1) is 6.92 Å². The van der Waals surface area contributed by atoms with Gasteiger partial charge in [0.25, 0.3) is 0 Å². The van der Waals surface area contributed by atoms with Crippen LogP contribution in [0.2, 0.25) is 0 Å². The third kappa shape index (κ3) is 3.49. The maximum absolute atomic E-state index is 12.7. The van der Waals surface area contributed by atoms with Crippen LogP contribution in [0.1, 0.15) is 37.0 Å². The topological polar surface area (TPSA) is 71.8 Å². The molecule has 6 nitrogen and oxygen atoms in total. The zero-order chi connectivity index (χ0) is 18.7. The molecule has 0 bridgehead atoms. The Kier molecular flexibility index (Phi) is 5.11. The fourth-order valence-corrected chi connectivity index (χ4v) is 3.03. The van der Waals surface area contributed by atoms with E-state index in [4.69, 9.17) is 9.15 Å². The van der Waals surface area contributed by atoms with Gasteiger partial charge in [-0.25, -0.2) is 9.59 Å². The summed E-state index contributed by atoms with van der Waals surface area (Å²) in [5.41, 5.74) is 1.92. The second-order valence-electron chi connectivity index (χ2n) is 6.12. The van der Waals surface area contributed by atoms with E-state index < -0.39 is 12.0 Å². The standard InChI is InChI=1S/C20H22N2O4/c1-4-25-19(23)17-14(3)22(12-15-8-6-5-7-9-15)20(24)21-18(17)16-11-10-13(2)26-16/h5-11,18H,4,12H2,1-3H3,(H,21,24). The van der Waals surface area contributed by atoms with Gasteiger partial charge in [0.2, 0.25) is 0 Å². The lowest BCUT2D eigenvalue weighted by atomic mass is 9.99. The molecule has 0 radical (unpaired) electrons. The van der Waals surface area contributed by atoms with Crippen molar-refractivity contribution in [2.24, 2.45) is 0 Å². The van der Waals surface area contributed by atoms with Crippen LogP contribution >= 0.6 is 0 Å². The van der Waals surface area contributed by atoms with Gasteiger partial charge in [0, 0.05) is 5.70 Å². The summed E-state index contributed by atoms with van der Waals surface area (Å²) in [4.78, 5) is 26.9. The lowest BCUT2D eigenvalue weighted by Gasteiger charge is -2.34. The number of benzene rings is 1. The monoisotopic (exact) mass is 354 g/mol. The average molecular weight is 354 g/mol. The number of ether oxygens (including phenoxy) is 1. The summed E-state index contributed by atoms with van der Waals surface area (Å²) in [6, 6.07) is 12.2. The minimum atomic E-state index is -0.665. The third-order valence-corrected chi connectivity index (χ3v) is 4.32. The second kappa shape index (κ2) is 7.47. The molecule has 1 atom stereocenters. The van der Waals surface area contributed by atoms with E-state index in [1.54, 1.807) is 30.9 Å². The van der Waals surface area contributed by atoms with Gasteiger partial charge in [-0.05, 0) is 38.5 Å². The largest absolute Gasteiger partial charge is 0.464 e. The van der Waals surface area contributed by atoms with E-state index in [0.717, 1.165) is 5.56 Å². The molecule has 2 aromatic rings. The van der Waals surface area contributed by atoms with Crippen molar-refractivity contribution in [1.82, 2.24) is 10.2 Å². The molecule has 26 heavy (non-hydrogen) atoms. The molecule has 0 spiro atoms. The highest BCUT2D eigenvalue weighted by atomic mass is 16.5.